The van der Waals surface area contributed by atoms with Crippen LogP contribution in [0.5, 0.6) is 0 Å². The maximum absolute atomic E-state index is 2.48. The lowest BCUT2D eigenvalue weighted by Gasteiger charge is -2.40. The average Bonchev–Trinajstić information content (AvgIpc) is 2.78. The Morgan fingerprint density at radius 2 is 1.32 bits per heavy atom. The molecule has 100 valence electrons. The van der Waals surface area contributed by atoms with E-state index in [0.717, 1.165) is 0 Å². The molecule has 0 N–H and O–H groups in total. The monoisotopic (exact) mass is 276 g/mol. The van der Waals surface area contributed by atoms with E-state index in [1.807, 2.05) is 0 Å². The number of hydrogen-bond donors (Lipinski definition) is 0. The molecule has 2 aromatic carbocycles. The van der Waals surface area contributed by atoms with Gasteiger partial charge in [-0.3, -0.25) is 0 Å². The van der Waals surface area contributed by atoms with Crippen molar-refractivity contribution < 1.29 is 0 Å². The summed E-state index contributed by atoms with van der Waals surface area (Å²) in [5.41, 5.74) is 5.93. The molecule has 1 aliphatic carbocycles. The van der Waals surface area contributed by atoms with Gasteiger partial charge in [0.15, 0.2) is 0 Å². The predicted molar refractivity (Wildman–Crippen MR) is 117 cm³/mol. The van der Waals surface area contributed by atoms with Gasteiger partial charge in [-0.25, -0.2) is 0 Å². The van der Waals surface area contributed by atoms with Crippen LogP contribution in [0.4, 0.5) is 0 Å². The standard InChI is InChI=1S/C14H20B8/c1-14(20(21(16)17)22(18)19-15)12-8-4-2-6-10(12)11-7-3-5-9-13(11)14/h2-9,19H,15-18H2,1H3. The summed E-state index contributed by atoms with van der Waals surface area (Å²) in [7, 11) is 10.8. The third-order valence-corrected chi connectivity index (χ3v) is 5.91. The van der Waals surface area contributed by atoms with Crippen molar-refractivity contribution in [2.75, 3.05) is 0 Å². The highest BCUT2D eigenvalue weighted by Crippen LogP contribution is 2.50. The molecule has 0 heterocycles. The zero-order valence-corrected chi connectivity index (χ0v) is 14.6. The third-order valence-electron chi connectivity index (χ3n) is 5.91. The van der Waals surface area contributed by atoms with E-state index >= 15 is 0 Å². The summed E-state index contributed by atoms with van der Waals surface area (Å²) in [6.45, 7) is 3.14. The molecule has 0 aromatic heterocycles. The van der Waals surface area contributed by atoms with Crippen LogP contribution in [0.2, 0.25) is 0 Å². The SMILES string of the molecule is BBB(B)B(B(B)B)C1(C)c2ccccc2-c2ccccc21. The molecule has 0 nitrogen and oxygen atoms in total. The largest absolute Gasteiger partial charge is 0.0665 e. The van der Waals surface area contributed by atoms with E-state index in [1.54, 1.807) is 0 Å². The van der Waals surface area contributed by atoms with Gasteiger partial charge in [-0.1, -0.05) is 55.5 Å². The zero-order chi connectivity index (χ0) is 15.9. The quantitative estimate of drug-likeness (QED) is 0.567. The summed E-state index contributed by atoms with van der Waals surface area (Å²) in [5.74, 6) is 0. The Morgan fingerprint density at radius 3 is 1.73 bits per heavy atom. The van der Waals surface area contributed by atoms with Gasteiger partial charge in [-0.15, -0.1) is 0 Å². The van der Waals surface area contributed by atoms with Gasteiger partial charge in [0.1, 0.15) is 0 Å². The van der Waals surface area contributed by atoms with Crippen molar-refractivity contribution >= 4 is 57.3 Å². The smallest absolute Gasteiger partial charge is 0.0619 e. The van der Waals surface area contributed by atoms with E-state index in [4.69, 9.17) is 0 Å². The van der Waals surface area contributed by atoms with Crippen LogP contribution in [0.3, 0.4) is 0 Å². The predicted octanol–water partition coefficient (Wildman–Crippen LogP) is -1.98. The molecule has 0 aliphatic heterocycles. The van der Waals surface area contributed by atoms with Crippen LogP contribution in [0, 0.1) is 0 Å². The highest BCUT2D eigenvalue weighted by Gasteiger charge is 2.48. The molecular formula is C14H20B8. The fourth-order valence-corrected chi connectivity index (χ4v) is 4.99. The topological polar surface area (TPSA) is 0 Å². The molecule has 3 rings (SSSR count). The molecule has 0 unspecified atom stereocenters. The van der Waals surface area contributed by atoms with Crippen molar-refractivity contribution in [3.05, 3.63) is 59.7 Å². The molecule has 0 saturated carbocycles. The second-order valence-electron chi connectivity index (χ2n) is 7.45. The lowest BCUT2D eigenvalue weighted by molar-refractivity contribution is 0.839. The van der Waals surface area contributed by atoms with Crippen LogP contribution in [-0.2, 0) is 5.31 Å². The molecule has 1 aliphatic rings. The summed E-state index contributed by atoms with van der Waals surface area (Å²) in [4.78, 5) is 0. The van der Waals surface area contributed by atoms with E-state index in [9.17, 15) is 0 Å². The second kappa shape index (κ2) is 5.87. The maximum atomic E-state index is 2.48. The highest BCUT2D eigenvalue weighted by molar-refractivity contribution is 7.85. The lowest BCUT2D eigenvalue weighted by Crippen LogP contribution is -2.64. The van der Waals surface area contributed by atoms with Crippen molar-refractivity contribution in [2.24, 2.45) is 0 Å². The molecule has 0 radical (unpaired) electrons. The summed E-state index contributed by atoms with van der Waals surface area (Å²) < 4.78 is 0. The molecule has 2 aromatic rings. The first-order valence-electron chi connectivity index (χ1n) is 8.71. The van der Waals surface area contributed by atoms with Crippen molar-refractivity contribution in [2.45, 2.75) is 12.2 Å². The summed E-state index contributed by atoms with van der Waals surface area (Å²) in [5, 5.41) is 0.122. The number of fused-ring (bicyclic) bond motifs is 3. The fraction of sp³-hybridized carbons (Fsp3) is 0.143. The van der Waals surface area contributed by atoms with Crippen LogP contribution in [-0.4, -0.2) is 57.3 Å². The van der Waals surface area contributed by atoms with Gasteiger partial charge >= 0.3 is 0 Å². The maximum Gasteiger partial charge on any atom is 0.0665 e. The number of hydrogen-bond acceptors (Lipinski definition) is 0. The Bertz CT molecular complexity index is 641. The van der Waals surface area contributed by atoms with E-state index in [2.05, 4.69) is 86.4 Å². The van der Waals surface area contributed by atoms with Crippen molar-refractivity contribution in [3.63, 3.8) is 0 Å². The molecule has 8 heteroatoms. The van der Waals surface area contributed by atoms with E-state index in [-0.39, 0.29) is 5.31 Å². The first-order valence-corrected chi connectivity index (χ1v) is 8.71. The molecule has 0 fully saturated rings. The minimum atomic E-state index is 0.122. The summed E-state index contributed by atoms with van der Waals surface area (Å²) >= 11 is 0. The zero-order valence-electron chi connectivity index (χ0n) is 14.6. The molecule has 0 bridgehead atoms. The first kappa shape index (κ1) is 15.8. The van der Waals surface area contributed by atoms with E-state index in [0.29, 0.717) is 19.3 Å². The molecule has 0 spiro atoms. The Kier molecular flexibility index (Phi) is 4.23. The molecule has 0 saturated heterocycles. The van der Waals surface area contributed by atoms with Gasteiger partial charge in [0, 0.05) is 19.8 Å². The summed E-state index contributed by atoms with van der Waals surface area (Å²) in [6.07, 6.45) is 1.38. The Labute approximate surface area is 140 Å². The summed E-state index contributed by atoms with van der Waals surface area (Å²) in [6, 6.07) is 18.1. The van der Waals surface area contributed by atoms with Gasteiger partial charge in [0.05, 0.1) is 37.4 Å². The third kappa shape index (κ3) is 2.18. The first-order chi connectivity index (χ1) is 10.5. The van der Waals surface area contributed by atoms with Crippen LogP contribution in [0.25, 0.3) is 11.1 Å². The average molecular weight is 275 g/mol. The van der Waals surface area contributed by atoms with Gasteiger partial charge < -0.3 is 0 Å². The Balaban J connectivity index is 2.28. The van der Waals surface area contributed by atoms with Gasteiger partial charge in [0.25, 0.3) is 0 Å². The normalized spacial score (nSPS) is 13.9. The van der Waals surface area contributed by atoms with Crippen LogP contribution >= 0.6 is 0 Å². The molecule has 0 atom stereocenters. The van der Waals surface area contributed by atoms with Crippen molar-refractivity contribution in [3.8, 4) is 11.1 Å². The fourth-order valence-electron chi connectivity index (χ4n) is 4.99. The van der Waals surface area contributed by atoms with Crippen LogP contribution < -0.4 is 0 Å². The van der Waals surface area contributed by atoms with Crippen molar-refractivity contribution in [1.29, 1.82) is 0 Å². The van der Waals surface area contributed by atoms with E-state index in [1.165, 1.54) is 29.3 Å². The van der Waals surface area contributed by atoms with Crippen molar-refractivity contribution in [1.82, 2.24) is 0 Å². The lowest BCUT2D eigenvalue weighted by atomic mass is 8.66. The molecule has 0 amide bonds. The Morgan fingerprint density at radius 1 is 0.864 bits per heavy atom. The van der Waals surface area contributed by atoms with Crippen LogP contribution in [0.1, 0.15) is 18.1 Å². The minimum Gasteiger partial charge on any atom is -0.0619 e. The minimum absolute atomic E-state index is 0.122. The van der Waals surface area contributed by atoms with Gasteiger partial charge in [-0.2, -0.15) is 0 Å². The Hall–Kier alpha value is -1.04. The number of benzene rings is 2. The molecule has 22 heavy (non-hydrogen) atoms. The van der Waals surface area contributed by atoms with Gasteiger partial charge in [-0.05, 0) is 27.6 Å². The number of rotatable bonds is 4. The van der Waals surface area contributed by atoms with Gasteiger partial charge in [0.2, 0.25) is 0 Å². The second-order valence-corrected chi connectivity index (χ2v) is 7.45. The molecular weight excluding hydrogens is 255 g/mol. The van der Waals surface area contributed by atoms with E-state index < -0.39 is 0 Å². The highest BCUT2D eigenvalue weighted by atomic mass is 14.3. The van der Waals surface area contributed by atoms with Crippen LogP contribution in [0.15, 0.2) is 48.5 Å².